The third-order valence-corrected chi connectivity index (χ3v) is 4.92. The van der Waals surface area contributed by atoms with E-state index in [1.165, 1.54) is 32.1 Å². The Morgan fingerprint density at radius 1 is 1.23 bits per heavy atom. The Morgan fingerprint density at radius 2 is 2.05 bits per heavy atom. The summed E-state index contributed by atoms with van der Waals surface area (Å²) in [6.07, 6.45) is 7.18. The van der Waals surface area contributed by atoms with Gasteiger partial charge in [-0.3, -0.25) is 4.79 Å². The van der Waals surface area contributed by atoms with Crippen molar-refractivity contribution in [2.75, 3.05) is 13.1 Å². The number of carbonyl (C=O) groups is 1. The first-order valence-corrected chi connectivity index (χ1v) is 8.50. The summed E-state index contributed by atoms with van der Waals surface area (Å²) in [5.41, 5.74) is 1.05. The summed E-state index contributed by atoms with van der Waals surface area (Å²) in [5, 5.41) is 12.9. The molecule has 3 rings (SSSR count). The summed E-state index contributed by atoms with van der Waals surface area (Å²) < 4.78 is 0. The maximum atomic E-state index is 12.2. The van der Waals surface area contributed by atoms with Crippen LogP contribution in [0.4, 0.5) is 0 Å². The molecule has 1 aliphatic carbocycles. The molecular weight excluding hydrogens is 276 g/mol. The number of amides is 1. The number of hydrogen-bond acceptors (Lipinski definition) is 3. The molecule has 22 heavy (non-hydrogen) atoms. The van der Waals surface area contributed by atoms with Crippen molar-refractivity contribution >= 4 is 5.91 Å². The predicted octanol–water partition coefficient (Wildman–Crippen LogP) is 2.66. The first kappa shape index (κ1) is 15.3. The average Bonchev–Trinajstić information content (AvgIpc) is 2.87. The fraction of sp³-hybridized carbons (Fsp3) is 0.611. The number of phenols is 1. The lowest BCUT2D eigenvalue weighted by Gasteiger charge is -2.27. The van der Waals surface area contributed by atoms with Crippen molar-refractivity contribution in [3.63, 3.8) is 0 Å². The van der Waals surface area contributed by atoms with Gasteiger partial charge in [0.2, 0.25) is 5.91 Å². The van der Waals surface area contributed by atoms with Gasteiger partial charge in [-0.1, -0.05) is 31.4 Å². The van der Waals surface area contributed by atoms with Gasteiger partial charge in [0.05, 0.1) is 0 Å². The van der Waals surface area contributed by atoms with E-state index in [2.05, 4.69) is 10.2 Å². The molecule has 2 aliphatic rings. The number of benzene rings is 1. The van der Waals surface area contributed by atoms with Crippen LogP contribution in [0, 0.1) is 5.92 Å². The summed E-state index contributed by atoms with van der Waals surface area (Å²) in [6.45, 7) is 2.47. The highest BCUT2D eigenvalue weighted by atomic mass is 16.3. The Morgan fingerprint density at radius 3 is 2.82 bits per heavy atom. The average molecular weight is 302 g/mol. The third-order valence-electron chi connectivity index (χ3n) is 4.92. The van der Waals surface area contributed by atoms with Crippen LogP contribution in [-0.4, -0.2) is 35.0 Å². The molecule has 4 nitrogen and oxygen atoms in total. The Hall–Kier alpha value is -1.55. The number of aromatic hydroxyl groups is 1. The van der Waals surface area contributed by atoms with Crippen molar-refractivity contribution in [1.82, 2.24) is 10.2 Å². The smallest absolute Gasteiger partial charge is 0.224 e. The Balaban J connectivity index is 1.47. The SMILES string of the molecule is O=C1CC(NCc2cccc(O)c2)CN1CC1CCCCC1. The van der Waals surface area contributed by atoms with Crippen molar-refractivity contribution < 1.29 is 9.90 Å². The van der Waals surface area contributed by atoms with Crippen LogP contribution in [0.3, 0.4) is 0 Å². The van der Waals surface area contributed by atoms with Gasteiger partial charge in [-0.25, -0.2) is 0 Å². The first-order valence-electron chi connectivity index (χ1n) is 8.50. The highest BCUT2D eigenvalue weighted by Gasteiger charge is 2.30. The number of phenolic OH excluding ortho intramolecular Hbond substituents is 1. The molecule has 0 bridgehead atoms. The maximum absolute atomic E-state index is 12.2. The third kappa shape index (κ3) is 4.01. The second kappa shape index (κ2) is 7.14. The van der Waals surface area contributed by atoms with Crippen LogP contribution in [0.5, 0.6) is 5.75 Å². The van der Waals surface area contributed by atoms with Crippen molar-refractivity contribution in [3.05, 3.63) is 29.8 Å². The highest BCUT2D eigenvalue weighted by molar-refractivity contribution is 5.79. The second-order valence-electron chi connectivity index (χ2n) is 6.75. The van der Waals surface area contributed by atoms with Crippen LogP contribution in [0.2, 0.25) is 0 Å². The molecule has 1 aliphatic heterocycles. The minimum atomic E-state index is 0.235. The van der Waals surface area contributed by atoms with Crippen molar-refractivity contribution in [3.8, 4) is 5.75 Å². The predicted molar refractivity (Wildman–Crippen MR) is 86.5 cm³/mol. The van der Waals surface area contributed by atoms with E-state index in [1.807, 2.05) is 12.1 Å². The minimum absolute atomic E-state index is 0.235. The summed E-state index contributed by atoms with van der Waals surface area (Å²) in [4.78, 5) is 14.2. The van der Waals surface area contributed by atoms with Crippen LogP contribution in [0.1, 0.15) is 44.1 Å². The van der Waals surface area contributed by atoms with Crippen LogP contribution < -0.4 is 5.32 Å². The van der Waals surface area contributed by atoms with E-state index in [0.29, 0.717) is 30.5 Å². The Bertz CT molecular complexity index is 512. The fourth-order valence-corrected chi connectivity index (χ4v) is 3.70. The van der Waals surface area contributed by atoms with Gasteiger partial charge < -0.3 is 15.3 Å². The zero-order valence-electron chi connectivity index (χ0n) is 13.1. The van der Waals surface area contributed by atoms with Crippen molar-refractivity contribution in [2.24, 2.45) is 5.92 Å². The Kier molecular flexibility index (Phi) is 4.98. The molecule has 1 saturated heterocycles. The molecule has 2 fully saturated rings. The second-order valence-corrected chi connectivity index (χ2v) is 6.75. The monoisotopic (exact) mass is 302 g/mol. The molecule has 0 radical (unpaired) electrons. The normalized spacial score (nSPS) is 23.2. The van der Waals surface area contributed by atoms with Gasteiger partial charge in [-0.2, -0.15) is 0 Å². The molecule has 1 aromatic carbocycles. The zero-order valence-corrected chi connectivity index (χ0v) is 13.1. The lowest BCUT2D eigenvalue weighted by Crippen LogP contribution is -2.35. The van der Waals surface area contributed by atoms with Crippen LogP contribution in [0.25, 0.3) is 0 Å². The van der Waals surface area contributed by atoms with Gasteiger partial charge >= 0.3 is 0 Å². The lowest BCUT2D eigenvalue weighted by molar-refractivity contribution is -0.128. The molecule has 1 amide bonds. The van der Waals surface area contributed by atoms with Crippen LogP contribution in [-0.2, 0) is 11.3 Å². The quantitative estimate of drug-likeness (QED) is 0.879. The van der Waals surface area contributed by atoms with Gasteiger partial charge in [0, 0.05) is 32.1 Å². The number of carbonyl (C=O) groups excluding carboxylic acids is 1. The summed E-state index contributed by atoms with van der Waals surface area (Å²) in [5.74, 6) is 1.29. The molecule has 0 aromatic heterocycles. The summed E-state index contributed by atoms with van der Waals surface area (Å²) in [6, 6.07) is 7.52. The van der Waals surface area contributed by atoms with Crippen LogP contribution >= 0.6 is 0 Å². The van der Waals surface area contributed by atoms with E-state index in [1.54, 1.807) is 12.1 Å². The fourth-order valence-electron chi connectivity index (χ4n) is 3.70. The topological polar surface area (TPSA) is 52.6 Å². The standard InChI is InChI=1S/C18H26N2O2/c21-17-8-4-7-15(9-17)11-19-16-10-18(22)20(13-16)12-14-5-2-1-3-6-14/h4,7-9,14,16,19,21H,1-3,5-6,10-13H2. The molecule has 1 heterocycles. The van der Waals surface area contributed by atoms with Crippen molar-refractivity contribution in [1.29, 1.82) is 0 Å². The molecule has 1 aromatic rings. The van der Waals surface area contributed by atoms with Crippen molar-refractivity contribution in [2.45, 2.75) is 51.1 Å². The summed E-state index contributed by atoms with van der Waals surface area (Å²) in [7, 11) is 0. The largest absolute Gasteiger partial charge is 0.508 e. The lowest BCUT2D eigenvalue weighted by atomic mass is 9.89. The van der Waals surface area contributed by atoms with E-state index in [-0.39, 0.29) is 6.04 Å². The summed E-state index contributed by atoms with van der Waals surface area (Å²) >= 11 is 0. The van der Waals surface area contributed by atoms with Gasteiger partial charge in [0.15, 0.2) is 0 Å². The number of hydrogen-bond donors (Lipinski definition) is 2. The molecule has 4 heteroatoms. The molecule has 1 atom stereocenters. The molecular formula is C18H26N2O2. The van der Waals surface area contributed by atoms with Gasteiger partial charge in [-0.15, -0.1) is 0 Å². The number of nitrogens with one attached hydrogen (secondary N) is 1. The molecule has 1 saturated carbocycles. The van der Waals surface area contributed by atoms with E-state index < -0.39 is 0 Å². The zero-order chi connectivity index (χ0) is 15.4. The molecule has 2 N–H and O–H groups in total. The molecule has 1 unspecified atom stereocenters. The molecule has 120 valence electrons. The van der Waals surface area contributed by atoms with Gasteiger partial charge in [0.1, 0.15) is 5.75 Å². The van der Waals surface area contributed by atoms with Gasteiger partial charge in [0.25, 0.3) is 0 Å². The molecule has 0 spiro atoms. The first-order chi connectivity index (χ1) is 10.7. The number of nitrogens with zero attached hydrogens (tertiary/aromatic N) is 1. The van der Waals surface area contributed by atoms with E-state index in [0.717, 1.165) is 18.7 Å². The van der Waals surface area contributed by atoms with Crippen LogP contribution in [0.15, 0.2) is 24.3 Å². The van der Waals surface area contributed by atoms with Gasteiger partial charge in [-0.05, 0) is 36.5 Å². The van der Waals surface area contributed by atoms with E-state index >= 15 is 0 Å². The van der Waals surface area contributed by atoms with E-state index in [4.69, 9.17) is 0 Å². The highest BCUT2D eigenvalue weighted by Crippen LogP contribution is 2.26. The Labute approximate surface area is 132 Å². The minimum Gasteiger partial charge on any atom is -0.508 e. The maximum Gasteiger partial charge on any atom is 0.224 e. The van der Waals surface area contributed by atoms with E-state index in [9.17, 15) is 9.90 Å². The number of likely N-dealkylation sites (tertiary alicyclic amines) is 1. The number of rotatable bonds is 5.